The molecule has 1 N–H and O–H groups in total. The standard InChI is InChI=1S/C23H15ClFN3O2/c1-13-6-15(11-26-9-13)21-18-8-16(24)3-4-19(18)28-23(30)22(21)20(29)5-2-14-7-17(25)12-27-10-14/h2-12H,1H3,(H,28,30)/b5-2+. The number of hydrogen-bond donors (Lipinski definition) is 1. The lowest BCUT2D eigenvalue weighted by molar-refractivity contribution is 0.104. The molecular formula is C23H15ClFN3O2. The van der Waals surface area contributed by atoms with Crippen LogP contribution in [-0.2, 0) is 0 Å². The second kappa shape index (κ2) is 8.00. The molecule has 0 fully saturated rings. The number of hydrogen-bond acceptors (Lipinski definition) is 4. The number of carbonyl (C=O) groups excluding carboxylic acids is 1. The van der Waals surface area contributed by atoms with Crippen molar-refractivity contribution in [3.8, 4) is 11.1 Å². The van der Waals surface area contributed by atoms with Crippen LogP contribution in [0.25, 0.3) is 28.1 Å². The van der Waals surface area contributed by atoms with Crippen molar-refractivity contribution in [2.75, 3.05) is 0 Å². The van der Waals surface area contributed by atoms with E-state index in [1.54, 1.807) is 30.6 Å². The molecule has 4 rings (SSSR count). The zero-order valence-corrected chi connectivity index (χ0v) is 16.6. The summed E-state index contributed by atoms with van der Waals surface area (Å²) in [5.41, 5.74) is 2.32. The van der Waals surface area contributed by atoms with Crippen LogP contribution in [0.4, 0.5) is 4.39 Å². The third kappa shape index (κ3) is 3.90. The van der Waals surface area contributed by atoms with Crippen molar-refractivity contribution in [1.82, 2.24) is 15.0 Å². The molecule has 4 aromatic rings. The SMILES string of the molecule is Cc1cncc(-c2c(C(=O)/C=C/c3cncc(F)c3)c(=O)[nH]c3ccc(Cl)cc23)c1. The summed E-state index contributed by atoms with van der Waals surface area (Å²) in [6.07, 6.45) is 8.41. The van der Waals surface area contributed by atoms with Gasteiger partial charge in [0, 0.05) is 45.6 Å². The predicted molar refractivity (Wildman–Crippen MR) is 115 cm³/mol. The molecule has 3 heterocycles. The fraction of sp³-hybridized carbons (Fsp3) is 0.0435. The van der Waals surface area contributed by atoms with Crippen molar-refractivity contribution >= 4 is 34.4 Å². The highest BCUT2D eigenvalue weighted by Crippen LogP contribution is 2.31. The first-order valence-corrected chi connectivity index (χ1v) is 9.41. The summed E-state index contributed by atoms with van der Waals surface area (Å²) >= 11 is 6.19. The van der Waals surface area contributed by atoms with Crippen LogP contribution in [0.5, 0.6) is 0 Å². The van der Waals surface area contributed by atoms with Gasteiger partial charge in [-0.2, -0.15) is 0 Å². The normalized spacial score (nSPS) is 11.3. The molecule has 0 bridgehead atoms. The summed E-state index contributed by atoms with van der Waals surface area (Å²) in [5, 5.41) is 1.09. The smallest absolute Gasteiger partial charge is 0.260 e. The van der Waals surface area contributed by atoms with Gasteiger partial charge in [0.1, 0.15) is 5.82 Å². The predicted octanol–water partition coefficient (Wildman–Crippen LogP) is 4.98. The number of carbonyl (C=O) groups is 1. The number of fused-ring (bicyclic) bond motifs is 1. The van der Waals surface area contributed by atoms with Gasteiger partial charge in [-0.3, -0.25) is 19.6 Å². The first-order valence-electron chi connectivity index (χ1n) is 9.03. The number of H-pyrrole nitrogens is 1. The number of aromatic nitrogens is 3. The van der Waals surface area contributed by atoms with E-state index in [-0.39, 0.29) is 5.56 Å². The quantitative estimate of drug-likeness (QED) is 0.374. The molecule has 148 valence electrons. The number of nitrogens with zero attached hydrogens (tertiary/aromatic N) is 2. The Bertz CT molecular complexity index is 1380. The largest absolute Gasteiger partial charge is 0.321 e. The van der Waals surface area contributed by atoms with Crippen molar-refractivity contribution in [3.63, 3.8) is 0 Å². The Hall–Kier alpha value is -3.64. The molecule has 0 saturated carbocycles. The highest BCUT2D eigenvalue weighted by atomic mass is 35.5. The number of allylic oxidation sites excluding steroid dienone is 1. The summed E-state index contributed by atoms with van der Waals surface area (Å²) in [4.78, 5) is 36.6. The van der Waals surface area contributed by atoms with E-state index in [9.17, 15) is 14.0 Å². The third-order valence-electron chi connectivity index (χ3n) is 4.54. The Labute approximate surface area is 175 Å². The van der Waals surface area contributed by atoms with Crippen LogP contribution < -0.4 is 5.56 Å². The fourth-order valence-corrected chi connectivity index (χ4v) is 3.44. The number of aromatic amines is 1. The lowest BCUT2D eigenvalue weighted by Crippen LogP contribution is -2.18. The zero-order valence-electron chi connectivity index (χ0n) is 15.8. The Balaban J connectivity index is 1.94. The van der Waals surface area contributed by atoms with Crippen LogP contribution in [0.1, 0.15) is 21.5 Å². The second-order valence-electron chi connectivity index (χ2n) is 6.78. The maximum atomic E-state index is 13.4. The lowest BCUT2D eigenvalue weighted by atomic mass is 9.94. The Morgan fingerprint density at radius 3 is 2.67 bits per heavy atom. The van der Waals surface area contributed by atoms with Gasteiger partial charge in [0.05, 0.1) is 11.8 Å². The maximum Gasteiger partial charge on any atom is 0.260 e. The Kier molecular flexibility index (Phi) is 5.25. The number of aryl methyl sites for hydroxylation is 1. The third-order valence-corrected chi connectivity index (χ3v) is 4.77. The minimum atomic E-state index is -0.534. The van der Waals surface area contributed by atoms with E-state index in [1.807, 2.05) is 13.0 Å². The molecule has 30 heavy (non-hydrogen) atoms. The number of halogens is 2. The lowest BCUT2D eigenvalue weighted by Gasteiger charge is -2.12. The minimum Gasteiger partial charge on any atom is -0.321 e. The van der Waals surface area contributed by atoms with Crippen LogP contribution in [0, 0.1) is 12.7 Å². The Morgan fingerprint density at radius 2 is 1.90 bits per heavy atom. The molecular weight excluding hydrogens is 405 g/mol. The van der Waals surface area contributed by atoms with Gasteiger partial charge in [0.2, 0.25) is 0 Å². The van der Waals surface area contributed by atoms with Crippen LogP contribution in [0.15, 0.2) is 66.0 Å². The van der Waals surface area contributed by atoms with Crippen molar-refractivity contribution in [2.45, 2.75) is 6.92 Å². The van der Waals surface area contributed by atoms with E-state index < -0.39 is 17.2 Å². The van der Waals surface area contributed by atoms with Gasteiger partial charge in [-0.05, 0) is 60.5 Å². The van der Waals surface area contributed by atoms with Gasteiger partial charge in [-0.1, -0.05) is 11.6 Å². The van der Waals surface area contributed by atoms with Gasteiger partial charge in [-0.25, -0.2) is 4.39 Å². The molecule has 0 aliphatic carbocycles. The van der Waals surface area contributed by atoms with E-state index in [4.69, 9.17) is 11.6 Å². The topological polar surface area (TPSA) is 75.7 Å². The highest BCUT2D eigenvalue weighted by molar-refractivity contribution is 6.31. The number of nitrogens with one attached hydrogen (secondary N) is 1. The number of benzene rings is 1. The molecule has 0 aliphatic heterocycles. The molecule has 0 saturated heterocycles. The molecule has 7 heteroatoms. The maximum absolute atomic E-state index is 13.4. The summed E-state index contributed by atoms with van der Waals surface area (Å²) < 4.78 is 13.4. The van der Waals surface area contributed by atoms with Gasteiger partial charge in [0.25, 0.3) is 5.56 Å². The highest BCUT2D eigenvalue weighted by Gasteiger charge is 2.20. The molecule has 3 aromatic heterocycles. The fourth-order valence-electron chi connectivity index (χ4n) is 3.27. The molecule has 0 unspecified atom stereocenters. The van der Waals surface area contributed by atoms with Crippen LogP contribution in [0.3, 0.4) is 0 Å². The van der Waals surface area contributed by atoms with Crippen molar-refractivity contribution in [1.29, 1.82) is 0 Å². The first-order chi connectivity index (χ1) is 14.4. The molecule has 0 radical (unpaired) electrons. The molecule has 0 amide bonds. The molecule has 0 atom stereocenters. The van der Waals surface area contributed by atoms with E-state index in [0.717, 1.165) is 11.8 Å². The van der Waals surface area contributed by atoms with Crippen molar-refractivity contribution in [2.24, 2.45) is 0 Å². The average Bonchev–Trinajstić information content (AvgIpc) is 2.71. The molecule has 5 nitrogen and oxygen atoms in total. The second-order valence-corrected chi connectivity index (χ2v) is 7.22. The van der Waals surface area contributed by atoms with E-state index >= 15 is 0 Å². The number of pyridine rings is 3. The van der Waals surface area contributed by atoms with E-state index in [0.29, 0.717) is 32.6 Å². The van der Waals surface area contributed by atoms with E-state index in [1.165, 1.54) is 24.4 Å². The zero-order chi connectivity index (χ0) is 21.3. The molecule has 0 aliphatic rings. The van der Waals surface area contributed by atoms with Gasteiger partial charge in [0.15, 0.2) is 5.78 Å². The summed E-state index contributed by atoms with van der Waals surface area (Å²) in [7, 11) is 0. The number of rotatable bonds is 4. The molecule has 1 aromatic carbocycles. The van der Waals surface area contributed by atoms with E-state index in [2.05, 4.69) is 15.0 Å². The molecule has 0 spiro atoms. The van der Waals surface area contributed by atoms with Gasteiger partial charge >= 0.3 is 0 Å². The van der Waals surface area contributed by atoms with Crippen LogP contribution in [0.2, 0.25) is 5.02 Å². The van der Waals surface area contributed by atoms with Crippen LogP contribution in [-0.4, -0.2) is 20.7 Å². The van der Waals surface area contributed by atoms with Crippen molar-refractivity contribution < 1.29 is 9.18 Å². The van der Waals surface area contributed by atoms with Gasteiger partial charge in [-0.15, -0.1) is 0 Å². The average molecular weight is 420 g/mol. The van der Waals surface area contributed by atoms with Gasteiger partial charge < -0.3 is 4.98 Å². The summed E-state index contributed by atoms with van der Waals surface area (Å²) in [5.74, 6) is -1.05. The van der Waals surface area contributed by atoms with Crippen LogP contribution >= 0.6 is 11.6 Å². The van der Waals surface area contributed by atoms with Crippen molar-refractivity contribution in [3.05, 3.63) is 99.1 Å². The monoisotopic (exact) mass is 419 g/mol. The summed E-state index contributed by atoms with van der Waals surface area (Å²) in [6, 6.07) is 8.14. The number of ketones is 1. The Morgan fingerprint density at radius 1 is 1.10 bits per heavy atom. The summed E-state index contributed by atoms with van der Waals surface area (Å²) in [6.45, 7) is 1.87. The first kappa shape index (κ1) is 19.7. The minimum absolute atomic E-state index is 0.0437.